The van der Waals surface area contributed by atoms with E-state index in [0.29, 0.717) is 24.7 Å². The predicted molar refractivity (Wildman–Crippen MR) is 57.1 cm³/mol. The number of ether oxygens (including phenoxy) is 2. The lowest BCUT2D eigenvalue weighted by Crippen LogP contribution is -2.17. The van der Waals surface area contributed by atoms with Gasteiger partial charge >= 0.3 is 0 Å². The van der Waals surface area contributed by atoms with E-state index in [4.69, 9.17) is 15.2 Å². The van der Waals surface area contributed by atoms with E-state index in [-0.39, 0.29) is 0 Å². The van der Waals surface area contributed by atoms with Crippen LogP contribution in [0.2, 0.25) is 0 Å². The van der Waals surface area contributed by atoms with Gasteiger partial charge in [-0.2, -0.15) is 0 Å². The van der Waals surface area contributed by atoms with E-state index in [1.54, 1.807) is 0 Å². The van der Waals surface area contributed by atoms with Crippen LogP contribution in [0.3, 0.4) is 0 Å². The Morgan fingerprint density at radius 2 is 2.13 bits per heavy atom. The van der Waals surface area contributed by atoms with E-state index < -0.39 is 0 Å². The highest BCUT2D eigenvalue weighted by molar-refractivity contribution is 5.46. The van der Waals surface area contributed by atoms with Gasteiger partial charge in [0.2, 0.25) is 6.79 Å². The van der Waals surface area contributed by atoms with Crippen LogP contribution in [0.15, 0.2) is 18.2 Å². The fourth-order valence-electron chi connectivity index (χ4n) is 2.32. The van der Waals surface area contributed by atoms with Gasteiger partial charge in [0.05, 0.1) is 0 Å². The Labute approximate surface area is 89.2 Å². The molecular formula is C12H15NO2. The summed E-state index contributed by atoms with van der Waals surface area (Å²) in [7, 11) is 0. The molecule has 1 saturated carbocycles. The number of hydrogen-bond donors (Lipinski definition) is 1. The third-order valence-corrected chi connectivity index (χ3v) is 3.34. The van der Waals surface area contributed by atoms with E-state index in [1.165, 1.54) is 12.0 Å². The minimum atomic E-state index is 0.292. The summed E-state index contributed by atoms with van der Waals surface area (Å²) in [5.74, 6) is 3.00. The summed E-state index contributed by atoms with van der Waals surface area (Å²) in [6.45, 7) is 2.43. The SMILES string of the molecule is CC(N)C1CC1c1ccc2c(c1)OCO2. The van der Waals surface area contributed by atoms with Crippen molar-refractivity contribution in [3.63, 3.8) is 0 Å². The highest BCUT2D eigenvalue weighted by atomic mass is 16.7. The molecule has 0 amide bonds. The second-order valence-corrected chi connectivity index (χ2v) is 4.48. The lowest BCUT2D eigenvalue weighted by molar-refractivity contribution is 0.174. The Kier molecular flexibility index (Phi) is 1.89. The van der Waals surface area contributed by atoms with Crippen molar-refractivity contribution >= 4 is 0 Å². The Morgan fingerprint density at radius 3 is 2.87 bits per heavy atom. The predicted octanol–water partition coefficient (Wildman–Crippen LogP) is 1.87. The zero-order chi connectivity index (χ0) is 10.4. The number of fused-ring (bicyclic) bond motifs is 1. The molecule has 0 saturated heterocycles. The Morgan fingerprint density at radius 1 is 1.33 bits per heavy atom. The molecule has 1 aromatic carbocycles. The summed E-state index contributed by atoms with van der Waals surface area (Å²) in [6.07, 6.45) is 1.21. The third-order valence-electron chi connectivity index (χ3n) is 3.34. The van der Waals surface area contributed by atoms with Gasteiger partial charge in [-0.05, 0) is 42.9 Å². The van der Waals surface area contributed by atoms with Crippen molar-refractivity contribution in [1.29, 1.82) is 0 Å². The molecule has 3 unspecified atom stereocenters. The summed E-state index contributed by atoms with van der Waals surface area (Å²) in [5, 5.41) is 0. The normalized spacial score (nSPS) is 28.9. The highest BCUT2D eigenvalue weighted by Crippen LogP contribution is 2.50. The molecule has 0 aromatic heterocycles. The topological polar surface area (TPSA) is 44.5 Å². The smallest absolute Gasteiger partial charge is 0.231 e. The largest absolute Gasteiger partial charge is 0.454 e. The van der Waals surface area contributed by atoms with E-state index in [0.717, 1.165) is 11.5 Å². The Bertz CT molecular complexity index is 389. The molecule has 1 fully saturated rings. The summed E-state index contributed by atoms with van der Waals surface area (Å²) in [6, 6.07) is 6.50. The van der Waals surface area contributed by atoms with Crippen LogP contribution in [0.25, 0.3) is 0 Å². The molecule has 0 bridgehead atoms. The third kappa shape index (κ3) is 1.47. The van der Waals surface area contributed by atoms with E-state index >= 15 is 0 Å². The van der Waals surface area contributed by atoms with Gasteiger partial charge in [0, 0.05) is 6.04 Å². The zero-order valence-electron chi connectivity index (χ0n) is 8.77. The fraction of sp³-hybridized carbons (Fsp3) is 0.500. The number of hydrogen-bond acceptors (Lipinski definition) is 3. The van der Waals surface area contributed by atoms with Crippen LogP contribution in [-0.4, -0.2) is 12.8 Å². The zero-order valence-corrected chi connectivity index (χ0v) is 8.77. The molecule has 3 nitrogen and oxygen atoms in total. The van der Waals surface area contributed by atoms with Crippen LogP contribution in [0.5, 0.6) is 11.5 Å². The van der Waals surface area contributed by atoms with Gasteiger partial charge in [-0.3, -0.25) is 0 Å². The molecule has 3 atom stereocenters. The molecule has 3 heteroatoms. The Hall–Kier alpha value is -1.22. The van der Waals surface area contributed by atoms with Crippen LogP contribution in [-0.2, 0) is 0 Å². The molecule has 3 rings (SSSR count). The lowest BCUT2D eigenvalue weighted by atomic mass is 10.1. The van der Waals surface area contributed by atoms with Crippen LogP contribution in [0.1, 0.15) is 24.8 Å². The summed E-state index contributed by atoms with van der Waals surface area (Å²) in [5.41, 5.74) is 7.22. The molecule has 1 aromatic rings. The van der Waals surface area contributed by atoms with Crippen molar-refractivity contribution in [2.75, 3.05) is 6.79 Å². The summed E-state index contributed by atoms with van der Waals surface area (Å²) < 4.78 is 10.6. The van der Waals surface area contributed by atoms with Crippen LogP contribution in [0, 0.1) is 5.92 Å². The minimum Gasteiger partial charge on any atom is -0.454 e. The van der Waals surface area contributed by atoms with Gasteiger partial charge < -0.3 is 15.2 Å². The molecule has 1 aliphatic heterocycles. The highest BCUT2D eigenvalue weighted by Gasteiger charge is 2.41. The quantitative estimate of drug-likeness (QED) is 0.801. The molecule has 0 spiro atoms. The maximum atomic E-state index is 5.88. The van der Waals surface area contributed by atoms with E-state index in [1.807, 2.05) is 6.07 Å². The average molecular weight is 205 g/mol. The lowest BCUT2D eigenvalue weighted by Gasteiger charge is -2.04. The van der Waals surface area contributed by atoms with Crippen molar-refractivity contribution < 1.29 is 9.47 Å². The van der Waals surface area contributed by atoms with Gasteiger partial charge in [-0.1, -0.05) is 6.07 Å². The molecule has 15 heavy (non-hydrogen) atoms. The second-order valence-electron chi connectivity index (χ2n) is 4.48. The maximum Gasteiger partial charge on any atom is 0.231 e. The summed E-state index contributed by atoms with van der Waals surface area (Å²) in [4.78, 5) is 0. The Balaban J connectivity index is 1.83. The summed E-state index contributed by atoms with van der Waals surface area (Å²) >= 11 is 0. The molecule has 1 aliphatic carbocycles. The number of rotatable bonds is 2. The van der Waals surface area contributed by atoms with Crippen molar-refractivity contribution in [3.05, 3.63) is 23.8 Å². The van der Waals surface area contributed by atoms with E-state index in [2.05, 4.69) is 19.1 Å². The van der Waals surface area contributed by atoms with Crippen LogP contribution in [0.4, 0.5) is 0 Å². The van der Waals surface area contributed by atoms with Gasteiger partial charge in [0.25, 0.3) is 0 Å². The van der Waals surface area contributed by atoms with Crippen molar-refractivity contribution in [2.24, 2.45) is 11.7 Å². The molecular weight excluding hydrogens is 190 g/mol. The fourth-order valence-corrected chi connectivity index (χ4v) is 2.32. The molecule has 0 radical (unpaired) electrons. The van der Waals surface area contributed by atoms with Gasteiger partial charge in [0.15, 0.2) is 11.5 Å². The molecule has 2 aliphatic rings. The standard InChI is InChI=1S/C12H15NO2/c1-7(13)9-5-10(9)8-2-3-11-12(4-8)15-6-14-11/h2-4,7,9-10H,5-6,13H2,1H3. The minimum absolute atomic E-state index is 0.292. The van der Waals surface area contributed by atoms with Gasteiger partial charge in [-0.25, -0.2) is 0 Å². The molecule has 80 valence electrons. The van der Waals surface area contributed by atoms with Crippen molar-refractivity contribution in [1.82, 2.24) is 0 Å². The van der Waals surface area contributed by atoms with Gasteiger partial charge in [-0.15, -0.1) is 0 Å². The van der Waals surface area contributed by atoms with Crippen LogP contribution >= 0.6 is 0 Å². The first-order valence-electron chi connectivity index (χ1n) is 5.41. The first-order valence-corrected chi connectivity index (χ1v) is 5.41. The first kappa shape index (κ1) is 9.04. The van der Waals surface area contributed by atoms with E-state index in [9.17, 15) is 0 Å². The van der Waals surface area contributed by atoms with Gasteiger partial charge in [0.1, 0.15) is 0 Å². The average Bonchev–Trinajstić information content (AvgIpc) is 2.89. The maximum absolute atomic E-state index is 5.88. The van der Waals surface area contributed by atoms with Crippen LogP contribution < -0.4 is 15.2 Å². The first-order chi connectivity index (χ1) is 7.25. The number of nitrogens with two attached hydrogens (primary N) is 1. The molecule has 2 N–H and O–H groups in total. The van der Waals surface area contributed by atoms with Crippen molar-refractivity contribution in [2.45, 2.75) is 25.3 Å². The number of benzene rings is 1. The van der Waals surface area contributed by atoms with Crippen molar-refractivity contribution in [3.8, 4) is 11.5 Å². The molecule has 1 heterocycles. The second kappa shape index (κ2) is 3.14. The monoisotopic (exact) mass is 205 g/mol.